The highest BCUT2D eigenvalue weighted by Gasteiger charge is 2.29. The standard InChI is InChI=1S/C23H16FN3O4S/c1-11-6-14-16(7-15(11)24)27(8-12-9-32-21-19(12)25-10-26-22(21)29)20(23(30)31)18(14)13-4-2-3-5-17(13)28/h2-4,6-7,9-10H,5,8H2,1H3,(H,30,31)(H,25,26,29). The average Bonchev–Trinajstić information content (AvgIpc) is 3.30. The van der Waals surface area contributed by atoms with Crippen LogP contribution in [0, 0.1) is 12.7 Å². The van der Waals surface area contributed by atoms with Gasteiger partial charge in [-0.15, -0.1) is 11.3 Å². The molecule has 0 saturated heterocycles. The first kappa shape index (κ1) is 20.1. The number of aromatic carboxylic acids is 1. The number of carboxylic acid groups (broad SMARTS) is 1. The van der Waals surface area contributed by atoms with E-state index in [9.17, 15) is 23.9 Å². The number of hydrogen-bond donors (Lipinski definition) is 2. The molecular formula is C23H16FN3O4S. The van der Waals surface area contributed by atoms with Crippen LogP contribution in [0.2, 0.25) is 0 Å². The summed E-state index contributed by atoms with van der Waals surface area (Å²) in [5.74, 6) is -1.92. The Morgan fingerprint density at radius 1 is 1.34 bits per heavy atom. The van der Waals surface area contributed by atoms with Crippen LogP contribution in [-0.2, 0) is 11.3 Å². The Labute approximate surface area is 184 Å². The Balaban J connectivity index is 1.84. The van der Waals surface area contributed by atoms with Gasteiger partial charge in [0.05, 0.1) is 23.9 Å². The van der Waals surface area contributed by atoms with Crippen molar-refractivity contribution in [3.63, 3.8) is 0 Å². The van der Waals surface area contributed by atoms with Crippen LogP contribution in [0.15, 0.2) is 46.9 Å². The molecule has 2 N–H and O–H groups in total. The van der Waals surface area contributed by atoms with Crippen molar-refractivity contribution in [3.8, 4) is 0 Å². The van der Waals surface area contributed by atoms with Crippen molar-refractivity contribution in [2.45, 2.75) is 19.9 Å². The van der Waals surface area contributed by atoms with Crippen LogP contribution < -0.4 is 5.56 Å². The number of carbonyl (C=O) groups excluding carboxylic acids is 1. The molecule has 160 valence electrons. The second kappa shape index (κ2) is 7.38. The lowest BCUT2D eigenvalue weighted by Crippen LogP contribution is -2.13. The molecule has 0 bridgehead atoms. The number of aryl methyl sites for hydroxylation is 1. The van der Waals surface area contributed by atoms with Crippen LogP contribution in [-0.4, -0.2) is 31.4 Å². The van der Waals surface area contributed by atoms with Crippen molar-refractivity contribution in [2.75, 3.05) is 0 Å². The molecule has 7 nitrogen and oxygen atoms in total. The summed E-state index contributed by atoms with van der Waals surface area (Å²) in [7, 11) is 0. The number of hydrogen-bond acceptors (Lipinski definition) is 5. The monoisotopic (exact) mass is 449 g/mol. The number of fused-ring (bicyclic) bond motifs is 2. The van der Waals surface area contributed by atoms with E-state index in [1.807, 2.05) is 0 Å². The number of benzene rings is 1. The molecule has 0 unspecified atom stereocenters. The van der Waals surface area contributed by atoms with Gasteiger partial charge in [0.15, 0.2) is 5.78 Å². The normalized spacial score (nSPS) is 13.8. The number of ketones is 1. The van der Waals surface area contributed by atoms with E-state index in [-0.39, 0.29) is 41.1 Å². The predicted octanol–water partition coefficient (Wildman–Crippen LogP) is 4.05. The van der Waals surface area contributed by atoms with Crippen LogP contribution in [0.25, 0.3) is 26.7 Å². The number of halogens is 1. The predicted molar refractivity (Wildman–Crippen MR) is 120 cm³/mol. The van der Waals surface area contributed by atoms with Gasteiger partial charge in [-0.1, -0.05) is 18.2 Å². The summed E-state index contributed by atoms with van der Waals surface area (Å²) in [5.41, 5.74) is 1.96. The van der Waals surface area contributed by atoms with Crippen molar-refractivity contribution < 1.29 is 19.1 Å². The third kappa shape index (κ3) is 3.01. The zero-order valence-electron chi connectivity index (χ0n) is 16.8. The Kier molecular flexibility index (Phi) is 4.63. The Morgan fingerprint density at radius 2 is 2.16 bits per heavy atom. The number of carbonyl (C=O) groups is 2. The summed E-state index contributed by atoms with van der Waals surface area (Å²) in [5, 5.41) is 12.4. The van der Waals surface area contributed by atoms with Gasteiger partial charge in [-0.3, -0.25) is 9.59 Å². The largest absolute Gasteiger partial charge is 0.477 e. The minimum absolute atomic E-state index is 0.0500. The fraction of sp³-hybridized carbons (Fsp3) is 0.130. The molecule has 4 aromatic rings. The van der Waals surface area contributed by atoms with E-state index in [2.05, 4.69) is 9.97 Å². The summed E-state index contributed by atoms with van der Waals surface area (Å²) in [6.07, 6.45) is 6.47. The number of nitrogens with one attached hydrogen (secondary N) is 1. The fourth-order valence-electron chi connectivity index (χ4n) is 4.10. The molecule has 0 spiro atoms. The molecule has 32 heavy (non-hydrogen) atoms. The molecule has 0 amide bonds. The van der Waals surface area contributed by atoms with Crippen LogP contribution in [0.1, 0.15) is 33.6 Å². The number of nitrogens with zero attached hydrogens (tertiary/aromatic N) is 2. The van der Waals surface area contributed by atoms with Crippen molar-refractivity contribution in [1.29, 1.82) is 0 Å². The Hall–Kier alpha value is -3.85. The van der Waals surface area contributed by atoms with Gasteiger partial charge in [-0.25, -0.2) is 14.2 Å². The van der Waals surface area contributed by atoms with Crippen molar-refractivity contribution in [1.82, 2.24) is 14.5 Å². The minimum atomic E-state index is -1.23. The minimum Gasteiger partial charge on any atom is -0.477 e. The SMILES string of the molecule is Cc1cc2c(C3=CC=CCC3=O)c(C(=O)O)n(Cc3csc4c(=O)[nH]cnc34)c2cc1F. The quantitative estimate of drug-likeness (QED) is 0.489. The van der Waals surface area contributed by atoms with Crippen molar-refractivity contribution in [3.05, 3.63) is 80.6 Å². The number of thiophene rings is 1. The summed E-state index contributed by atoms with van der Waals surface area (Å²) < 4.78 is 16.5. The summed E-state index contributed by atoms with van der Waals surface area (Å²) in [6.45, 7) is 1.64. The average molecular weight is 449 g/mol. The van der Waals surface area contributed by atoms with E-state index in [0.29, 0.717) is 32.2 Å². The lowest BCUT2D eigenvalue weighted by Gasteiger charge is -2.11. The first-order chi connectivity index (χ1) is 15.4. The molecule has 3 aromatic heterocycles. The smallest absolute Gasteiger partial charge is 0.353 e. The van der Waals surface area contributed by atoms with Crippen LogP contribution in [0.5, 0.6) is 0 Å². The third-order valence-corrected chi connectivity index (χ3v) is 6.60. The maximum atomic E-state index is 14.6. The van der Waals surface area contributed by atoms with Crippen LogP contribution in [0.3, 0.4) is 0 Å². The molecule has 1 aliphatic rings. The topological polar surface area (TPSA) is 105 Å². The van der Waals surface area contributed by atoms with E-state index in [0.717, 1.165) is 0 Å². The van der Waals surface area contributed by atoms with E-state index in [4.69, 9.17) is 0 Å². The Bertz CT molecular complexity index is 1570. The number of H-pyrrole nitrogens is 1. The van der Waals surface area contributed by atoms with Gasteiger partial charge in [-0.05, 0) is 30.0 Å². The second-order valence-electron chi connectivity index (χ2n) is 7.54. The van der Waals surface area contributed by atoms with Gasteiger partial charge < -0.3 is 14.7 Å². The highest BCUT2D eigenvalue weighted by Crippen LogP contribution is 2.36. The first-order valence-electron chi connectivity index (χ1n) is 9.76. The highest BCUT2D eigenvalue weighted by atomic mass is 32.1. The fourth-order valence-corrected chi connectivity index (χ4v) is 5.00. The third-order valence-electron chi connectivity index (χ3n) is 5.58. The zero-order chi connectivity index (χ0) is 22.6. The van der Waals surface area contributed by atoms with E-state index < -0.39 is 11.8 Å². The summed E-state index contributed by atoms with van der Waals surface area (Å²) in [4.78, 5) is 43.9. The molecule has 1 aromatic carbocycles. The lowest BCUT2D eigenvalue weighted by molar-refractivity contribution is -0.113. The molecular weight excluding hydrogens is 433 g/mol. The van der Waals surface area contributed by atoms with Gasteiger partial charge >= 0.3 is 5.97 Å². The van der Waals surface area contributed by atoms with Crippen molar-refractivity contribution >= 4 is 49.8 Å². The van der Waals surface area contributed by atoms with E-state index in [1.165, 1.54) is 28.3 Å². The number of aromatic nitrogens is 3. The maximum absolute atomic E-state index is 14.6. The van der Waals surface area contributed by atoms with Crippen molar-refractivity contribution in [2.24, 2.45) is 0 Å². The van der Waals surface area contributed by atoms with E-state index in [1.54, 1.807) is 36.6 Å². The molecule has 9 heteroatoms. The molecule has 1 aliphatic carbocycles. The summed E-state index contributed by atoms with van der Waals surface area (Å²) >= 11 is 1.20. The molecule has 0 atom stereocenters. The molecule has 0 aliphatic heterocycles. The molecule has 5 rings (SSSR count). The van der Waals surface area contributed by atoms with Gasteiger partial charge in [0.25, 0.3) is 5.56 Å². The summed E-state index contributed by atoms with van der Waals surface area (Å²) in [6, 6.07) is 2.86. The second-order valence-corrected chi connectivity index (χ2v) is 8.42. The number of rotatable bonds is 4. The lowest BCUT2D eigenvalue weighted by atomic mass is 9.93. The Morgan fingerprint density at radius 3 is 2.91 bits per heavy atom. The van der Waals surface area contributed by atoms with Gasteiger partial charge in [0.1, 0.15) is 16.2 Å². The number of Topliss-reactive ketones (excluding diaryl/α,β-unsaturated/α-hetero) is 1. The molecule has 0 fully saturated rings. The highest BCUT2D eigenvalue weighted by molar-refractivity contribution is 7.17. The van der Waals surface area contributed by atoms with Gasteiger partial charge in [-0.2, -0.15) is 0 Å². The van der Waals surface area contributed by atoms with Crippen LogP contribution >= 0.6 is 11.3 Å². The first-order valence-corrected chi connectivity index (χ1v) is 10.6. The van der Waals surface area contributed by atoms with E-state index >= 15 is 0 Å². The molecule has 0 radical (unpaired) electrons. The van der Waals surface area contributed by atoms with Gasteiger partial charge in [0, 0.05) is 28.5 Å². The number of aromatic amines is 1. The number of carboxylic acids is 1. The molecule has 0 saturated carbocycles. The van der Waals surface area contributed by atoms with Gasteiger partial charge in [0.2, 0.25) is 0 Å². The number of allylic oxidation sites excluding steroid dienone is 4. The zero-order valence-corrected chi connectivity index (χ0v) is 17.6. The van der Waals surface area contributed by atoms with Crippen LogP contribution in [0.4, 0.5) is 4.39 Å². The maximum Gasteiger partial charge on any atom is 0.353 e. The molecule has 3 heterocycles.